The number of para-hydroxylation sites is 1. The van der Waals surface area contributed by atoms with Crippen LogP contribution in [0.5, 0.6) is 5.75 Å². The van der Waals surface area contributed by atoms with Gasteiger partial charge in [-0.3, -0.25) is 9.59 Å². The third-order valence-electron chi connectivity index (χ3n) is 5.19. The van der Waals surface area contributed by atoms with Crippen LogP contribution in [0, 0.1) is 0 Å². The second-order valence-electron chi connectivity index (χ2n) is 7.18. The first-order valence-electron chi connectivity index (χ1n) is 9.88. The summed E-state index contributed by atoms with van der Waals surface area (Å²) in [6, 6.07) is 14.2. The Morgan fingerprint density at radius 1 is 1.13 bits per heavy atom. The molecular formula is C22H21ClN4O3S. The van der Waals surface area contributed by atoms with Gasteiger partial charge in [-0.1, -0.05) is 41.1 Å². The summed E-state index contributed by atoms with van der Waals surface area (Å²) in [6.07, 6.45) is 1.54. The van der Waals surface area contributed by atoms with E-state index in [1.807, 2.05) is 17.0 Å². The number of halogens is 1. The number of carbonyl (C=O) groups excluding carboxylic acids is 2. The molecule has 0 radical (unpaired) electrons. The Morgan fingerprint density at radius 2 is 1.90 bits per heavy atom. The summed E-state index contributed by atoms with van der Waals surface area (Å²) in [5.41, 5.74) is 1.18. The number of nitrogens with zero attached hydrogens (tertiary/aromatic N) is 3. The molecule has 4 rings (SSSR count). The number of likely N-dealkylation sites (tertiary alicyclic amines) is 1. The number of hydrogen-bond acceptors (Lipinski definition) is 6. The van der Waals surface area contributed by atoms with Crippen molar-refractivity contribution >= 4 is 40.4 Å². The monoisotopic (exact) mass is 456 g/mol. The van der Waals surface area contributed by atoms with Crippen molar-refractivity contribution in [3.8, 4) is 5.75 Å². The molecule has 0 atom stereocenters. The van der Waals surface area contributed by atoms with Crippen LogP contribution in [0.4, 0.5) is 5.69 Å². The lowest BCUT2D eigenvalue weighted by Gasteiger charge is -2.31. The SMILES string of the molecule is COc1ccccc1C(=O)N1CCC(c2nnc(C(=O)Nc3cccc(Cl)c3)s2)CC1. The van der Waals surface area contributed by atoms with Gasteiger partial charge in [0.25, 0.3) is 11.8 Å². The summed E-state index contributed by atoms with van der Waals surface area (Å²) in [6.45, 7) is 1.23. The highest BCUT2D eigenvalue weighted by Crippen LogP contribution is 2.31. The predicted molar refractivity (Wildman–Crippen MR) is 120 cm³/mol. The lowest BCUT2D eigenvalue weighted by molar-refractivity contribution is 0.0709. The van der Waals surface area contributed by atoms with Gasteiger partial charge in [-0.15, -0.1) is 10.2 Å². The quantitative estimate of drug-likeness (QED) is 0.612. The van der Waals surface area contributed by atoms with E-state index in [0.717, 1.165) is 17.8 Å². The van der Waals surface area contributed by atoms with Crippen LogP contribution in [-0.2, 0) is 0 Å². The minimum Gasteiger partial charge on any atom is -0.496 e. The number of carbonyl (C=O) groups is 2. The predicted octanol–water partition coefficient (Wildman–Crippen LogP) is 4.47. The molecule has 0 aliphatic carbocycles. The molecule has 2 aromatic carbocycles. The first kappa shape index (κ1) is 21.3. The van der Waals surface area contributed by atoms with E-state index in [9.17, 15) is 9.59 Å². The molecule has 3 aromatic rings. The highest BCUT2D eigenvalue weighted by atomic mass is 35.5. The van der Waals surface area contributed by atoms with Crippen molar-refractivity contribution in [1.82, 2.24) is 15.1 Å². The fraction of sp³-hybridized carbons (Fsp3) is 0.273. The van der Waals surface area contributed by atoms with Crippen molar-refractivity contribution in [2.75, 3.05) is 25.5 Å². The second kappa shape index (κ2) is 9.45. The van der Waals surface area contributed by atoms with E-state index in [2.05, 4.69) is 15.5 Å². The molecule has 2 amide bonds. The van der Waals surface area contributed by atoms with Crippen molar-refractivity contribution in [2.24, 2.45) is 0 Å². The second-order valence-corrected chi connectivity index (χ2v) is 8.62. The van der Waals surface area contributed by atoms with Crippen LogP contribution in [-0.4, -0.2) is 47.1 Å². The van der Waals surface area contributed by atoms with Gasteiger partial charge in [0.1, 0.15) is 10.8 Å². The molecule has 9 heteroatoms. The standard InChI is InChI=1S/C22H21ClN4O3S/c1-30-18-8-3-2-7-17(18)22(29)27-11-9-14(10-12-27)20-25-26-21(31-20)19(28)24-16-6-4-5-15(23)13-16/h2-8,13-14H,9-12H2,1H3,(H,24,28). The topological polar surface area (TPSA) is 84.4 Å². The van der Waals surface area contributed by atoms with Crippen LogP contribution in [0.25, 0.3) is 0 Å². The molecule has 0 saturated carbocycles. The number of anilines is 1. The molecule has 1 aromatic heterocycles. The summed E-state index contributed by atoms with van der Waals surface area (Å²) in [5, 5.41) is 12.8. The molecule has 1 N–H and O–H groups in total. The van der Waals surface area contributed by atoms with Gasteiger partial charge < -0.3 is 15.0 Å². The summed E-state index contributed by atoms with van der Waals surface area (Å²) in [4.78, 5) is 27.2. The van der Waals surface area contributed by atoms with Crippen LogP contribution >= 0.6 is 22.9 Å². The number of benzene rings is 2. The van der Waals surface area contributed by atoms with Crippen molar-refractivity contribution in [2.45, 2.75) is 18.8 Å². The first-order chi connectivity index (χ1) is 15.0. The highest BCUT2D eigenvalue weighted by molar-refractivity contribution is 7.13. The van der Waals surface area contributed by atoms with Crippen molar-refractivity contribution in [1.29, 1.82) is 0 Å². The molecule has 0 unspecified atom stereocenters. The average molecular weight is 457 g/mol. The van der Waals surface area contributed by atoms with Gasteiger partial charge in [0.2, 0.25) is 5.01 Å². The molecule has 0 spiro atoms. The van der Waals surface area contributed by atoms with Crippen LogP contribution in [0.3, 0.4) is 0 Å². The fourth-order valence-electron chi connectivity index (χ4n) is 3.56. The fourth-order valence-corrected chi connectivity index (χ4v) is 4.66. The Kier molecular flexibility index (Phi) is 6.48. The van der Waals surface area contributed by atoms with E-state index < -0.39 is 0 Å². The maximum absolute atomic E-state index is 12.9. The zero-order valence-corrected chi connectivity index (χ0v) is 18.4. The average Bonchev–Trinajstić information content (AvgIpc) is 3.29. The number of methoxy groups -OCH3 is 1. The van der Waals surface area contributed by atoms with Gasteiger partial charge in [-0.05, 0) is 43.2 Å². The maximum atomic E-state index is 12.9. The van der Waals surface area contributed by atoms with E-state index in [1.165, 1.54) is 11.3 Å². The minimum absolute atomic E-state index is 0.0326. The lowest BCUT2D eigenvalue weighted by Crippen LogP contribution is -2.38. The molecule has 1 saturated heterocycles. The third kappa shape index (κ3) is 4.86. The van der Waals surface area contributed by atoms with Gasteiger partial charge in [0, 0.05) is 29.7 Å². The van der Waals surface area contributed by atoms with Gasteiger partial charge in [-0.2, -0.15) is 0 Å². The Balaban J connectivity index is 1.37. The van der Waals surface area contributed by atoms with Gasteiger partial charge in [0.05, 0.1) is 12.7 Å². The molecule has 160 valence electrons. The van der Waals surface area contributed by atoms with Gasteiger partial charge in [0.15, 0.2) is 0 Å². The van der Waals surface area contributed by atoms with Crippen molar-refractivity contribution in [3.63, 3.8) is 0 Å². The number of ether oxygens (including phenoxy) is 1. The highest BCUT2D eigenvalue weighted by Gasteiger charge is 2.28. The minimum atomic E-state index is -0.310. The largest absolute Gasteiger partial charge is 0.496 e. The van der Waals surface area contributed by atoms with Gasteiger partial charge in [-0.25, -0.2) is 0 Å². The number of aromatic nitrogens is 2. The molecule has 31 heavy (non-hydrogen) atoms. The maximum Gasteiger partial charge on any atom is 0.286 e. The summed E-state index contributed by atoms with van der Waals surface area (Å²) < 4.78 is 5.31. The smallest absolute Gasteiger partial charge is 0.286 e. The molecule has 2 heterocycles. The normalized spacial score (nSPS) is 14.3. The van der Waals surface area contributed by atoms with Crippen molar-refractivity contribution < 1.29 is 14.3 Å². The summed E-state index contributed by atoms with van der Waals surface area (Å²) >= 11 is 7.25. The Labute approximate surface area is 189 Å². The third-order valence-corrected chi connectivity index (χ3v) is 6.51. The lowest BCUT2D eigenvalue weighted by atomic mass is 9.97. The summed E-state index contributed by atoms with van der Waals surface area (Å²) in [5.74, 6) is 0.408. The number of hydrogen-bond donors (Lipinski definition) is 1. The zero-order chi connectivity index (χ0) is 21.8. The van der Waals surface area contributed by atoms with Crippen LogP contribution in [0.2, 0.25) is 5.02 Å². The molecule has 1 fully saturated rings. The van der Waals surface area contributed by atoms with Crippen LogP contribution in [0.15, 0.2) is 48.5 Å². The Hall–Kier alpha value is -2.97. The van der Waals surface area contributed by atoms with Crippen LogP contribution < -0.4 is 10.1 Å². The van der Waals surface area contributed by atoms with Crippen LogP contribution in [0.1, 0.15) is 43.9 Å². The molecule has 1 aliphatic heterocycles. The van der Waals surface area contributed by atoms with E-state index in [-0.39, 0.29) is 17.7 Å². The van der Waals surface area contributed by atoms with Crippen molar-refractivity contribution in [3.05, 3.63) is 69.1 Å². The molecular weight excluding hydrogens is 436 g/mol. The number of amides is 2. The van der Waals surface area contributed by atoms with E-state index in [0.29, 0.717) is 40.1 Å². The summed E-state index contributed by atoms with van der Waals surface area (Å²) in [7, 11) is 1.56. The van der Waals surface area contributed by atoms with Gasteiger partial charge >= 0.3 is 0 Å². The number of piperidine rings is 1. The van der Waals surface area contributed by atoms with E-state index in [4.69, 9.17) is 16.3 Å². The molecule has 1 aliphatic rings. The van der Waals surface area contributed by atoms with E-state index in [1.54, 1.807) is 43.5 Å². The van der Waals surface area contributed by atoms with E-state index >= 15 is 0 Å². The zero-order valence-electron chi connectivity index (χ0n) is 16.9. The Morgan fingerprint density at radius 3 is 2.65 bits per heavy atom. The first-order valence-corrected chi connectivity index (χ1v) is 11.1. The number of nitrogens with one attached hydrogen (secondary N) is 1. The molecule has 7 nitrogen and oxygen atoms in total. The molecule has 0 bridgehead atoms. The Bertz CT molecular complexity index is 1100. The number of rotatable bonds is 5.